The Bertz CT molecular complexity index is 329. The Morgan fingerprint density at radius 3 is 2.57 bits per heavy atom. The molecule has 1 rings (SSSR count). The fourth-order valence-electron chi connectivity index (χ4n) is 0.783. The number of hydrogen-bond acceptors (Lipinski definition) is 3. The van der Waals surface area contributed by atoms with E-state index in [4.69, 9.17) is 5.73 Å². The van der Waals surface area contributed by atoms with E-state index in [0.717, 1.165) is 6.07 Å². The Kier molecular flexibility index (Phi) is 3.53. The number of ether oxygens (including phenoxy) is 1. The summed E-state index contributed by atoms with van der Waals surface area (Å²) >= 11 is 1.94. The molecule has 0 bridgehead atoms. The molecule has 0 aliphatic carbocycles. The highest BCUT2D eigenvalue weighted by Gasteiger charge is 2.31. The van der Waals surface area contributed by atoms with Gasteiger partial charge in [-0.15, -0.1) is 13.2 Å². The first-order valence-corrected chi connectivity index (χ1v) is 4.61. The molecule has 1 aromatic rings. The van der Waals surface area contributed by atoms with Gasteiger partial charge in [-0.25, -0.2) is 4.98 Å². The summed E-state index contributed by atoms with van der Waals surface area (Å²) in [6.07, 6.45) is -4.72. The van der Waals surface area contributed by atoms with Crippen LogP contribution in [0.5, 0.6) is 5.88 Å². The van der Waals surface area contributed by atoms with Crippen LogP contribution in [0.2, 0.25) is 0 Å². The largest absolute Gasteiger partial charge is 0.574 e. The molecular formula is C7H6F3IN2O. The minimum absolute atomic E-state index is 0.0767. The highest BCUT2D eigenvalue weighted by atomic mass is 127. The van der Waals surface area contributed by atoms with Crippen molar-refractivity contribution in [3.8, 4) is 5.88 Å². The normalized spacial score (nSPS) is 11.5. The summed E-state index contributed by atoms with van der Waals surface area (Å²) in [7, 11) is 0. The van der Waals surface area contributed by atoms with Gasteiger partial charge in [-0.3, -0.25) is 0 Å². The van der Waals surface area contributed by atoms with Crippen molar-refractivity contribution < 1.29 is 17.9 Å². The smallest absolute Gasteiger partial charge is 0.388 e. The third-order valence-corrected chi connectivity index (χ3v) is 2.29. The molecule has 1 heterocycles. The average Bonchev–Trinajstić information content (AvgIpc) is 2.06. The Morgan fingerprint density at radius 1 is 1.43 bits per heavy atom. The molecule has 0 fully saturated rings. The third-order valence-electron chi connectivity index (χ3n) is 1.31. The molecule has 2 N–H and O–H groups in total. The van der Waals surface area contributed by atoms with Gasteiger partial charge in [0.05, 0.1) is 5.69 Å². The van der Waals surface area contributed by atoms with Crippen molar-refractivity contribution in [1.29, 1.82) is 0 Å². The molecule has 0 aromatic carbocycles. The summed E-state index contributed by atoms with van der Waals surface area (Å²) in [5.41, 5.74) is 5.66. The van der Waals surface area contributed by atoms with Crippen molar-refractivity contribution in [2.75, 3.05) is 0 Å². The van der Waals surface area contributed by atoms with Gasteiger partial charge in [-0.05, 0) is 28.7 Å². The van der Waals surface area contributed by atoms with E-state index in [-0.39, 0.29) is 6.54 Å². The molecule has 14 heavy (non-hydrogen) atoms. The number of alkyl halides is 3. The van der Waals surface area contributed by atoms with Crippen molar-refractivity contribution >= 4 is 22.6 Å². The van der Waals surface area contributed by atoms with Crippen LogP contribution in [0.25, 0.3) is 0 Å². The van der Waals surface area contributed by atoms with Gasteiger partial charge in [0.2, 0.25) is 5.88 Å². The lowest BCUT2D eigenvalue weighted by Gasteiger charge is -2.09. The van der Waals surface area contributed by atoms with Crippen LogP contribution in [-0.4, -0.2) is 11.3 Å². The number of pyridine rings is 1. The maximum Gasteiger partial charge on any atom is 0.574 e. The van der Waals surface area contributed by atoms with Gasteiger partial charge in [0.25, 0.3) is 0 Å². The number of halogens is 4. The van der Waals surface area contributed by atoms with Gasteiger partial charge in [0.15, 0.2) is 0 Å². The van der Waals surface area contributed by atoms with Crippen molar-refractivity contribution in [3.05, 3.63) is 21.4 Å². The van der Waals surface area contributed by atoms with E-state index in [1.165, 1.54) is 6.07 Å². The van der Waals surface area contributed by atoms with Crippen molar-refractivity contribution in [3.63, 3.8) is 0 Å². The van der Waals surface area contributed by atoms with Gasteiger partial charge in [-0.2, -0.15) is 0 Å². The molecule has 0 aliphatic rings. The number of rotatable bonds is 2. The van der Waals surface area contributed by atoms with Crippen molar-refractivity contribution in [2.24, 2.45) is 5.73 Å². The van der Waals surface area contributed by atoms with Crippen molar-refractivity contribution in [2.45, 2.75) is 12.9 Å². The molecule has 0 atom stereocenters. The van der Waals surface area contributed by atoms with E-state index in [0.29, 0.717) is 9.26 Å². The lowest BCUT2D eigenvalue weighted by molar-refractivity contribution is -0.276. The van der Waals surface area contributed by atoms with Crippen LogP contribution in [0.3, 0.4) is 0 Å². The van der Waals surface area contributed by atoms with E-state index >= 15 is 0 Å². The fraction of sp³-hybridized carbons (Fsp3) is 0.286. The van der Waals surface area contributed by atoms with Crippen LogP contribution in [0.4, 0.5) is 13.2 Å². The lowest BCUT2D eigenvalue weighted by Crippen LogP contribution is -2.18. The second-order valence-electron chi connectivity index (χ2n) is 2.33. The van der Waals surface area contributed by atoms with Crippen LogP contribution in [0, 0.1) is 3.57 Å². The minimum atomic E-state index is -4.72. The van der Waals surface area contributed by atoms with Gasteiger partial charge in [-0.1, -0.05) is 0 Å². The Labute approximate surface area is 91.6 Å². The maximum absolute atomic E-state index is 11.8. The Hall–Kier alpha value is -0.570. The van der Waals surface area contributed by atoms with E-state index in [1.54, 1.807) is 0 Å². The molecule has 7 heteroatoms. The first kappa shape index (κ1) is 11.5. The van der Waals surface area contributed by atoms with Crippen LogP contribution in [-0.2, 0) is 6.54 Å². The maximum atomic E-state index is 11.8. The second kappa shape index (κ2) is 4.30. The van der Waals surface area contributed by atoms with E-state index < -0.39 is 12.2 Å². The van der Waals surface area contributed by atoms with E-state index in [9.17, 15) is 13.2 Å². The summed E-state index contributed by atoms with van der Waals surface area (Å²) < 4.78 is 39.7. The summed E-state index contributed by atoms with van der Waals surface area (Å²) in [5.74, 6) is -0.488. The highest BCUT2D eigenvalue weighted by Crippen LogP contribution is 2.22. The summed E-state index contributed by atoms with van der Waals surface area (Å²) in [4.78, 5) is 3.60. The molecule has 1 aromatic heterocycles. The standard InChI is InChI=1S/C7H6F3IN2O/c8-7(9,10)14-6-2-1-4(11)5(3-12)13-6/h1-2H,3,12H2. The van der Waals surface area contributed by atoms with Crippen molar-refractivity contribution in [1.82, 2.24) is 4.98 Å². The quantitative estimate of drug-likeness (QED) is 0.849. The number of nitrogens with zero attached hydrogens (tertiary/aromatic N) is 1. The Balaban J connectivity index is 2.90. The highest BCUT2D eigenvalue weighted by molar-refractivity contribution is 14.1. The molecule has 0 radical (unpaired) electrons. The van der Waals surface area contributed by atoms with Crippen LogP contribution in [0.15, 0.2) is 12.1 Å². The SMILES string of the molecule is NCc1nc(OC(F)(F)F)ccc1I. The number of hydrogen-bond donors (Lipinski definition) is 1. The van der Waals surface area contributed by atoms with E-state index in [1.807, 2.05) is 22.6 Å². The molecule has 0 spiro atoms. The average molecular weight is 318 g/mol. The van der Waals surface area contributed by atoms with E-state index in [2.05, 4.69) is 9.72 Å². The third kappa shape index (κ3) is 3.29. The minimum Gasteiger partial charge on any atom is -0.388 e. The summed E-state index contributed by atoms with van der Waals surface area (Å²) in [6, 6.07) is 2.62. The molecular weight excluding hydrogens is 312 g/mol. The monoisotopic (exact) mass is 318 g/mol. The van der Waals surface area contributed by atoms with Crippen LogP contribution >= 0.6 is 22.6 Å². The van der Waals surface area contributed by atoms with Gasteiger partial charge < -0.3 is 10.5 Å². The molecule has 0 saturated carbocycles. The predicted molar refractivity (Wildman–Crippen MR) is 51.5 cm³/mol. The zero-order chi connectivity index (χ0) is 10.8. The second-order valence-corrected chi connectivity index (χ2v) is 3.49. The number of aromatic nitrogens is 1. The Morgan fingerprint density at radius 2 is 2.07 bits per heavy atom. The van der Waals surface area contributed by atoms with Gasteiger partial charge >= 0.3 is 6.36 Å². The molecule has 0 amide bonds. The molecule has 3 nitrogen and oxygen atoms in total. The number of nitrogens with two attached hydrogens (primary N) is 1. The first-order valence-electron chi connectivity index (χ1n) is 3.53. The fourth-order valence-corrected chi connectivity index (χ4v) is 1.30. The van der Waals surface area contributed by atoms with Gasteiger partial charge in [0.1, 0.15) is 0 Å². The lowest BCUT2D eigenvalue weighted by atomic mass is 10.3. The molecule has 0 aliphatic heterocycles. The zero-order valence-corrected chi connectivity index (χ0v) is 8.96. The summed E-state index contributed by atoms with van der Waals surface area (Å²) in [5, 5.41) is 0. The summed E-state index contributed by atoms with van der Waals surface area (Å²) in [6.45, 7) is 0.0767. The van der Waals surface area contributed by atoms with Gasteiger partial charge in [0, 0.05) is 16.2 Å². The molecule has 0 unspecified atom stereocenters. The zero-order valence-electron chi connectivity index (χ0n) is 6.81. The molecule has 78 valence electrons. The topological polar surface area (TPSA) is 48.1 Å². The predicted octanol–water partition coefficient (Wildman–Crippen LogP) is 2.04. The molecule has 0 saturated heterocycles. The van der Waals surface area contributed by atoms with Crippen LogP contribution in [0.1, 0.15) is 5.69 Å². The van der Waals surface area contributed by atoms with Crippen LogP contribution < -0.4 is 10.5 Å². The first-order chi connectivity index (χ1) is 6.42.